The summed E-state index contributed by atoms with van der Waals surface area (Å²) in [6, 6.07) is 5.46. The molecule has 2 N–H and O–H groups in total. The Bertz CT molecular complexity index is 411. The molecule has 2 atom stereocenters. The Morgan fingerprint density at radius 1 is 1.50 bits per heavy atom. The van der Waals surface area contributed by atoms with Crippen LogP contribution in [0.4, 0.5) is 4.39 Å². The van der Waals surface area contributed by atoms with Crippen LogP contribution < -0.4 is 5.73 Å². The van der Waals surface area contributed by atoms with Crippen LogP contribution in [0.15, 0.2) is 18.2 Å². The van der Waals surface area contributed by atoms with Gasteiger partial charge in [0.15, 0.2) is 0 Å². The molecule has 1 heterocycles. The fourth-order valence-electron chi connectivity index (χ4n) is 2.56. The third-order valence-corrected chi connectivity index (χ3v) is 3.67. The standard InChI is InChI=1S/C14H21FN2O/c1-10-14(5-6-18-10)17(2)9-12-7-11(8-16)3-4-13(12)15/h3-4,7,10,14H,5-6,8-9,16H2,1-2H3. The summed E-state index contributed by atoms with van der Waals surface area (Å²) >= 11 is 0. The summed E-state index contributed by atoms with van der Waals surface area (Å²) in [6.45, 7) is 3.90. The molecule has 1 aliphatic rings. The molecular weight excluding hydrogens is 231 g/mol. The zero-order valence-electron chi connectivity index (χ0n) is 11.0. The minimum absolute atomic E-state index is 0.161. The molecule has 3 nitrogen and oxygen atoms in total. The Hall–Kier alpha value is -0.970. The Labute approximate surface area is 108 Å². The number of hydrogen-bond acceptors (Lipinski definition) is 3. The molecule has 18 heavy (non-hydrogen) atoms. The van der Waals surface area contributed by atoms with Crippen molar-refractivity contribution in [2.45, 2.75) is 38.6 Å². The monoisotopic (exact) mass is 252 g/mol. The summed E-state index contributed by atoms with van der Waals surface area (Å²) in [4.78, 5) is 2.16. The highest BCUT2D eigenvalue weighted by atomic mass is 19.1. The first-order valence-electron chi connectivity index (χ1n) is 6.41. The van der Waals surface area contributed by atoms with Crippen LogP contribution in [0.5, 0.6) is 0 Å². The van der Waals surface area contributed by atoms with Crippen LogP contribution >= 0.6 is 0 Å². The summed E-state index contributed by atoms with van der Waals surface area (Å²) in [5, 5.41) is 0. The van der Waals surface area contributed by atoms with Gasteiger partial charge in [-0.05, 0) is 32.0 Å². The van der Waals surface area contributed by atoms with Crippen LogP contribution in [-0.4, -0.2) is 30.7 Å². The molecule has 4 heteroatoms. The number of likely N-dealkylation sites (N-methyl/N-ethyl adjacent to an activating group) is 1. The molecule has 0 bridgehead atoms. The Morgan fingerprint density at radius 2 is 2.28 bits per heavy atom. The lowest BCUT2D eigenvalue weighted by Crippen LogP contribution is -2.36. The van der Waals surface area contributed by atoms with Crippen molar-refractivity contribution in [3.63, 3.8) is 0 Å². The Kier molecular flexibility index (Phi) is 4.32. The maximum absolute atomic E-state index is 13.8. The van der Waals surface area contributed by atoms with Crippen molar-refractivity contribution in [1.29, 1.82) is 0 Å². The lowest BCUT2D eigenvalue weighted by molar-refractivity contribution is 0.0810. The van der Waals surface area contributed by atoms with Gasteiger partial charge >= 0.3 is 0 Å². The van der Waals surface area contributed by atoms with Crippen LogP contribution in [-0.2, 0) is 17.8 Å². The van der Waals surface area contributed by atoms with Gasteiger partial charge in [-0.2, -0.15) is 0 Å². The molecule has 0 amide bonds. The van der Waals surface area contributed by atoms with Gasteiger partial charge in [-0.25, -0.2) is 4.39 Å². The third kappa shape index (κ3) is 2.88. The topological polar surface area (TPSA) is 38.5 Å². The summed E-state index contributed by atoms with van der Waals surface area (Å²) < 4.78 is 19.3. The van der Waals surface area contributed by atoms with Crippen LogP contribution in [0.3, 0.4) is 0 Å². The summed E-state index contributed by atoms with van der Waals surface area (Å²) in [7, 11) is 2.02. The van der Waals surface area contributed by atoms with E-state index in [1.54, 1.807) is 6.07 Å². The van der Waals surface area contributed by atoms with E-state index in [4.69, 9.17) is 10.5 Å². The molecule has 0 aliphatic carbocycles. The first-order chi connectivity index (χ1) is 8.61. The van der Waals surface area contributed by atoms with E-state index in [-0.39, 0.29) is 11.9 Å². The lowest BCUT2D eigenvalue weighted by Gasteiger charge is -2.26. The van der Waals surface area contributed by atoms with Gasteiger partial charge in [0.05, 0.1) is 6.10 Å². The van der Waals surface area contributed by atoms with Gasteiger partial charge in [-0.3, -0.25) is 4.90 Å². The summed E-state index contributed by atoms with van der Waals surface area (Å²) in [5.41, 5.74) is 7.26. The second-order valence-corrected chi connectivity index (χ2v) is 4.98. The maximum Gasteiger partial charge on any atom is 0.127 e. The van der Waals surface area contributed by atoms with E-state index in [9.17, 15) is 4.39 Å². The van der Waals surface area contributed by atoms with E-state index in [1.807, 2.05) is 13.1 Å². The van der Waals surface area contributed by atoms with Crippen molar-refractivity contribution in [3.8, 4) is 0 Å². The van der Waals surface area contributed by atoms with Gasteiger partial charge in [-0.15, -0.1) is 0 Å². The predicted octanol–water partition coefficient (Wildman–Crippen LogP) is 1.89. The summed E-state index contributed by atoms with van der Waals surface area (Å²) in [6.07, 6.45) is 1.23. The molecule has 100 valence electrons. The van der Waals surface area contributed by atoms with Crippen molar-refractivity contribution < 1.29 is 9.13 Å². The molecule has 1 aromatic rings. The van der Waals surface area contributed by atoms with Gasteiger partial charge in [0.25, 0.3) is 0 Å². The number of nitrogens with two attached hydrogens (primary N) is 1. The highest BCUT2D eigenvalue weighted by Gasteiger charge is 2.28. The minimum atomic E-state index is -0.161. The molecule has 1 saturated heterocycles. The van der Waals surface area contributed by atoms with Crippen LogP contribution in [0.25, 0.3) is 0 Å². The van der Waals surface area contributed by atoms with Gasteiger partial charge in [0.1, 0.15) is 5.82 Å². The van der Waals surface area contributed by atoms with Crippen LogP contribution in [0.2, 0.25) is 0 Å². The quantitative estimate of drug-likeness (QED) is 0.889. The van der Waals surface area contributed by atoms with Crippen molar-refractivity contribution >= 4 is 0 Å². The number of rotatable bonds is 4. The number of hydrogen-bond donors (Lipinski definition) is 1. The molecule has 2 unspecified atom stereocenters. The van der Waals surface area contributed by atoms with Gasteiger partial charge in [-0.1, -0.05) is 12.1 Å². The highest BCUT2D eigenvalue weighted by Crippen LogP contribution is 2.21. The maximum atomic E-state index is 13.8. The minimum Gasteiger partial charge on any atom is -0.377 e. The largest absolute Gasteiger partial charge is 0.377 e. The van der Waals surface area contributed by atoms with E-state index in [1.165, 1.54) is 6.07 Å². The average Bonchev–Trinajstić information content (AvgIpc) is 2.78. The fourth-order valence-corrected chi connectivity index (χ4v) is 2.56. The molecule has 1 aliphatic heterocycles. The number of nitrogens with zero attached hydrogens (tertiary/aromatic N) is 1. The first-order valence-corrected chi connectivity index (χ1v) is 6.41. The van der Waals surface area contributed by atoms with E-state index in [2.05, 4.69) is 11.8 Å². The molecule has 1 aromatic carbocycles. The number of benzene rings is 1. The highest BCUT2D eigenvalue weighted by molar-refractivity contribution is 5.25. The average molecular weight is 252 g/mol. The number of halogens is 1. The second-order valence-electron chi connectivity index (χ2n) is 4.98. The van der Waals surface area contributed by atoms with Gasteiger partial charge in [0, 0.05) is 31.3 Å². The first kappa shape index (κ1) is 13.5. The molecule has 0 spiro atoms. The fraction of sp³-hybridized carbons (Fsp3) is 0.571. The molecular formula is C14H21FN2O. The number of ether oxygens (including phenoxy) is 1. The molecule has 0 saturated carbocycles. The van der Waals surface area contributed by atoms with Crippen molar-refractivity contribution in [3.05, 3.63) is 35.1 Å². The molecule has 0 radical (unpaired) electrons. The molecule has 1 fully saturated rings. The van der Waals surface area contributed by atoms with Crippen molar-refractivity contribution in [2.75, 3.05) is 13.7 Å². The lowest BCUT2D eigenvalue weighted by atomic mass is 10.1. The zero-order valence-corrected chi connectivity index (χ0v) is 11.0. The zero-order chi connectivity index (χ0) is 13.1. The van der Waals surface area contributed by atoms with E-state index in [0.29, 0.717) is 24.7 Å². The van der Waals surface area contributed by atoms with Crippen molar-refractivity contribution in [1.82, 2.24) is 4.90 Å². The smallest absolute Gasteiger partial charge is 0.127 e. The van der Waals surface area contributed by atoms with E-state index in [0.717, 1.165) is 18.6 Å². The second kappa shape index (κ2) is 5.78. The summed E-state index contributed by atoms with van der Waals surface area (Å²) in [5.74, 6) is -0.161. The van der Waals surface area contributed by atoms with Crippen LogP contribution in [0, 0.1) is 5.82 Å². The van der Waals surface area contributed by atoms with Crippen LogP contribution in [0.1, 0.15) is 24.5 Å². The van der Waals surface area contributed by atoms with E-state index >= 15 is 0 Å². The Balaban J connectivity index is 2.08. The SMILES string of the molecule is CC1OCCC1N(C)Cc1cc(CN)ccc1F. The van der Waals surface area contributed by atoms with E-state index < -0.39 is 0 Å². The third-order valence-electron chi connectivity index (χ3n) is 3.67. The van der Waals surface area contributed by atoms with Crippen molar-refractivity contribution in [2.24, 2.45) is 5.73 Å². The van der Waals surface area contributed by atoms with Gasteiger partial charge < -0.3 is 10.5 Å². The molecule has 0 aromatic heterocycles. The Morgan fingerprint density at radius 3 is 2.89 bits per heavy atom. The predicted molar refractivity (Wildman–Crippen MR) is 69.6 cm³/mol. The molecule has 2 rings (SSSR count). The normalized spacial score (nSPS) is 23.8. The van der Waals surface area contributed by atoms with Gasteiger partial charge in [0.2, 0.25) is 0 Å².